The van der Waals surface area contributed by atoms with Crippen LogP contribution >= 0.6 is 12.4 Å². The summed E-state index contributed by atoms with van der Waals surface area (Å²) in [4.78, 5) is 105. The van der Waals surface area contributed by atoms with Gasteiger partial charge in [0.2, 0.25) is 0 Å². The van der Waals surface area contributed by atoms with Crippen LogP contribution in [0.2, 0.25) is 0 Å². The van der Waals surface area contributed by atoms with Gasteiger partial charge in [0.15, 0.2) is 12.5 Å². The molecule has 0 saturated carbocycles. The number of alkyl halides is 6. The monoisotopic (exact) mass is 1790 g/mol. The molecular weight excluding hydrogens is 1620 g/mol. The number of hydrogen-bond acceptors (Lipinski definition) is 20. The number of piperidine rings is 7. The van der Waals surface area contributed by atoms with Crippen molar-refractivity contribution < 1.29 is 98.2 Å². The van der Waals surface area contributed by atoms with Gasteiger partial charge in [-0.2, -0.15) is 0 Å². The smallest absolute Gasteiger partial charge is 0.410 e. The second kappa shape index (κ2) is 56.9. The number of nitrogens with one attached hydrogen (secondary N) is 2. The predicted molar refractivity (Wildman–Crippen MR) is 474 cm³/mol. The van der Waals surface area contributed by atoms with Gasteiger partial charge in [-0.25, -0.2) is 55.1 Å². The van der Waals surface area contributed by atoms with Crippen molar-refractivity contribution in [3.63, 3.8) is 0 Å². The van der Waals surface area contributed by atoms with Crippen molar-refractivity contribution in [3.05, 3.63) is 35.9 Å². The van der Waals surface area contributed by atoms with Gasteiger partial charge in [0.05, 0.1) is 6.61 Å². The Kier molecular flexibility index (Phi) is 53.1. The third-order valence-corrected chi connectivity index (χ3v) is 21.2. The molecular formula is C90H162ClF6N11O15. The van der Waals surface area contributed by atoms with Gasteiger partial charge < -0.3 is 98.7 Å². The van der Waals surface area contributed by atoms with E-state index in [9.17, 15) is 64.7 Å². The first kappa shape index (κ1) is 115. The maximum atomic E-state index is 14.4. The summed E-state index contributed by atoms with van der Waals surface area (Å²) in [5.41, 5.74) is 3.57. The number of rotatable bonds is 19. The summed E-state index contributed by atoms with van der Waals surface area (Å²) >= 11 is 0. The molecule has 0 aromatic heterocycles. The Bertz CT molecular complexity index is 3040. The molecule has 0 bridgehead atoms. The number of benzene rings is 1. The van der Waals surface area contributed by atoms with Crippen LogP contribution in [0.4, 0.5) is 55.1 Å². The quantitative estimate of drug-likeness (QED) is 0.0568. The maximum absolute atomic E-state index is 14.4. The summed E-state index contributed by atoms with van der Waals surface area (Å²) in [6, 6.07) is 9.99. The van der Waals surface area contributed by atoms with E-state index in [2.05, 4.69) is 10.6 Å². The maximum Gasteiger partial charge on any atom is 0.410 e. The summed E-state index contributed by atoms with van der Waals surface area (Å²) in [5.74, 6) is 0.376. The third-order valence-electron chi connectivity index (χ3n) is 21.2. The van der Waals surface area contributed by atoms with Gasteiger partial charge in [-0.15, -0.1) is 12.4 Å². The van der Waals surface area contributed by atoms with Crippen molar-refractivity contribution >= 4 is 61.5 Å². The highest BCUT2D eigenvalue weighted by atomic mass is 35.5. The molecule has 123 heavy (non-hydrogen) atoms. The van der Waals surface area contributed by atoms with Crippen LogP contribution in [0.1, 0.15) is 227 Å². The number of ether oxygens (including phenoxy) is 6. The van der Waals surface area contributed by atoms with Crippen LogP contribution in [-0.2, 0) is 44.6 Å². The first-order valence-electron chi connectivity index (χ1n) is 44.3. The number of carbonyl (C=O) groups is 8. The van der Waals surface area contributed by atoms with E-state index in [0.717, 1.165) is 50.6 Å². The van der Waals surface area contributed by atoms with Gasteiger partial charge in [-0.1, -0.05) is 30.3 Å². The first-order chi connectivity index (χ1) is 56.7. The van der Waals surface area contributed by atoms with Crippen molar-refractivity contribution in [2.24, 2.45) is 47.2 Å². The molecule has 0 aliphatic carbocycles. The van der Waals surface area contributed by atoms with E-state index in [1.165, 1.54) is 0 Å². The lowest BCUT2D eigenvalue weighted by atomic mass is 9.92. The fourth-order valence-corrected chi connectivity index (χ4v) is 14.4. The summed E-state index contributed by atoms with van der Waals surface area (Å²) in [6.07, 6.45) is 4.37. The molecule has 7 heterocycles. The minimum absolute atomic E-state index is 0. The zero-order valence-electron chi connectivity index (χ0n) is 78.8. The van der Waals surface area contributed by atoms with Crippen LogP contribution in [-0.4, -0.2) is 317 Å². The van der Waals surface area contributed by atoms with Gasteiger partial charge in [0, 0.05) is 124 Å². The highest BCUT2D eigenvalue weighted by Crippen LogP contribution is 2.31. The molecule has 6 atom stereocenters. The van der Waals surface area contributed by atoms with E-state index in [4.69, 9.17) is 39.3 Å². The van der Waals surface area contributed by atoms with Crippen LogP contribution in [0, 0.1) is 41.4 Å². The number of aldehydes is 2. The zero-order chi connectivity index (χ0) is 92.5. The van der Waals surface area contributed by atoms with Gasteiger partial charge in [0.25, 0.3) is 0 Å². The second-order valence-electron chi connectivity index (χ2n) is 39.6. The molecule has 0 radical (unpaired) electrons. The van der Waals surface area contributed by atoms with E-state index in [0.29, 0.717) is 188 Å². The predicted octanol–water partition coefficient (Wildman–Crippen LogP) is 15.9. The molecule has 7 fully saturated rings. The topological polar surface area (TPSA) is 288 Å². The Labute approximate surface area is 740 Å². The molecule has 1 aromatic rings. The fraction of sp³-hybridized carbons (Fsp3) is 0.844. The first-order valence-corrected chi connectivity index (χ1v) is 44.3. The van der Waals surface area contributed by atoms with Crippen LogP contribution < -0.4 is 16.4 Å². The Morgan fingerprint density at radius 1 is 0.423 bits per heavy atom. The zero-order valence-corrected chi connectivity index (χ0v) is 79.6. The van der Waals surface area contributed by atoms with Crippen molar-refractivity contribution in [3.8, 4) is 0 Å². The molecule has 716 valence electrons. The molecule has 5 N–H and O–H groups in total. The highest BCUT2D eigenvalue weighted by Gasteiger charge is 2.37. The van der Waals surface area contributed by atoms with Crippen LogP contribution in [0.3, 0.4) is 0 Å². The van der Waals surface area contributed by atoms with E-state index in [1.807, 2.05) is 193 Å². The van der Waals surface area contributed by atoms with Gasteiger partial charge >= 0.3 is 36.6 Å². The van der Waals surface area contributed by atoms with Gasteiger partial charge in [-0.05, 0) is 297 Å². The Morgan fingerprint density at radius 2 is 0.683 bits per heavy atom. The minimum atomic E-state index is -1.41. The van der Waals surface area contributed by atoms with E-state index < -0.39 is 77.2 Å². The van der Waals surface area contributed by atoms with E-state index in [-0.39, 0.29) is 91.0 Å². The lowest BCUT2D eigenvalue weighted by molar-refractivity contribution is -0.114. The van der Waals surface area contributed by atoms with Crippen LogP contribution in [0.25, 0.3) is 0 Å². The SMILES string of the molecule is CC(C)(C)OC(=O)N1CCC(CC=O)CC1.CC(C)(C)OC(=O)N1CCC([C@H](F)C=O)CC1.CC(C)(C)OC(=O)N1CCC([C@H](F)CN)CC1.CC(C)(C)OC(=O)N1CCC([C@H](F)CNCc2ccccc2)CC1.CC(C)(C)OC(=O)N1CCC([C@H](F)CO)CC1.CN(C)C[C@@H](F)C1CCN(C(=O)OC(C)(C)C)CC1.CN(C)C[C@@H](F)C1CCNCC1.Cl. The summed E-state index contributed by atoms with van der Waals surface area (Å²) in [6.45, 7) is 43.5. The van der Waals surface area contributed by atoms with Crippen molar-refractivity contribution in [2.75, 3.05) is 153 Å². The Balaban J connectivity index is 0.000000722. The van der Waals surface area contributed by atoms with Crippen LogP contribution in [0.5, 0.6) is 0 Å². The van der Waals surface area contributed by atoms with E-state index >= 15 is 0 Å². The standard InChI is InChI=1S/C19H29FN2O2.C14H27FN2O2.C12H23FN2O2.C12H22FNO3.C12H20FNO3.C12H21NO3.C9H19FN2.ClH/c1-19(2,3)24-18(23)22-11-9-16(10-12-22)17(20)14-21-13-15-7-5-4-6-8-15;1-14(2,3)19-13(18)17-8-6-11(7-9-17)12(15)10-16(4)5;1-12(2,3)17-11(16)15-6-4-9(5-7-15)10(13)8-14;2*1-12(2,3)17-11(16)14-6-4-9(5-7-14)10(13)8-15;1-12(2,3)16-11(15)13-7-4-10(5-8-13)6-9-14;1-12(2)7-9(10)8-3-5-11-6-4-8;/h4-8,16-17,21H,9-14H2,1-3H3;11-12H,6-10H2,1-5H3;9-10H,4-8,14H2,1-3H3;9-10,15H,4-8H2,1-3H3;8-10H,4-7H2,1-3H3;9-10H,4-8H2,1-3H3;8-9,11H,3-7H2,1-2H3;1H/t17-;12-;3*10-;;9-;/m11111.1./s1. The number of aliphatic hydroxyl groups excluding tert-OH is 1. The molecule has 8 rings (SSSR count). The molecule has 1 aromatic carbocycles. The summed E-state index contributed by atoms with van der Waals surface area (Å²) < 4.78 is 113. The number of aliphatic hydroxyl groups is 1. The molecule has 7 aliphatic heterocycles. The summed E-state index contributed by atoms with van der Waals surface area (Å²) in [5, 5.41) is 15.2. The Morgan fingerprint density at radius 3 is 0.943 bits per heavy atom. The summed E-state index contributed by atoms with van der Waals surface area (Å²) in [7, 11) is 7.60. The van der Waals surface area contributed by atoms with Crippen molar-refractivity contribution in [1.29, 1.82) is 0 Å². The number of nitrogens with two attached hydrogens (primary N) is 1. The van der Waals surface area contributed by atoms with Gasteiger partial charge in [0.1, 0.15) is 70.8 Å². The van der Waals surface area contributed by atoms with Gasteiger partial charge in [-0.3, -0.25) is 0 Å². The largest absolute Gasteiger partial charge is 0.444 e. The fourth-order valence-electron chi connectivity index (χ4n) is 14.4. The number of hydrogen-bond donors (Lipinski definition) is 4. The third kappa shape index (κ3) is 51.4. The highest BCUT2D eigenvalue weighted by molar-refractivity contribution is 5.85. The number of halogens is 7. The van der Waals surface area contributed by atoms with E-state index in [1.54, 1.807) is 29.4 Å². The van der Waals surface area contributed by atoms with Crippen molar-refractivity contribution in [2.45, 2.75) is 298 Å². The lowest BCUT2D eigenvalue weighted by Gasteiger charge is -2.35. The number of carbonyl (C=O) groups excluding carboxylic acids is 8. The average molecular weight is 1790 g/mol. The average Bonchev–Trinajstić information content (AvgIpc) is 0.907. The Hall–Kier alpha value is -6.19. The number of nitrogens with zero attached hydrogens (tertiary/aromatic N) is 8. The molecule has 0 spiro atoms. The van der Waals surface area contributed by atoms with Crippen LogP contribution in [0.15, 0.2) is 30.3 Å². The number of likely N-dealkylation sites (tertiary alicyclic amines) is 6. The molecule has 7 saturated heterocycles. The molecule has 0 unspecified atom stereocenters. The normalized spacial score (nSPS) is 19.4. The second-order valence-corrected chi connectivity index (χ2v) is 39.6. The molecule has 7 aliphatic rings. The molecule has 26 nitrogen and oxygen atoms in total. The lowest BCUT2D eigenvalue weighted by Crippen LogP contribution is -2.44. The number of amides is 6. The molecule has 6 amide bonds. The van der Waals surface area contributed by atoms with Crippen molar-refractivity contribution in [1.82, 2.24) is 49.8 Å². The molecule has 33 heteroatoms. The minimum Gasteiger partial charge on any atom is -0.444 e.